The number of hydrogen-bond donors (Lipinski definition) is 0. The van der Waals surface area contributed by atoms with Crippen molar-refractivity contribution < 1.29 is 4.42 Å². The van der Waals surface area contributed by atoms with Gasteiger partial charge in [-0.05, 0) is 123 Å². The van der Waals surface area contributed by atoms with E-state index in [1.54, 1.807) is 0 Å². The molecule has 0 bridgehead atoms. The largest absolute Gasteiger partial charge is 0.454 e. The third kappa shape index (κ3) is 7.59. The standard InChI is InChI=1S/C64H44N2O/c1-4-17-45(18-5-1)48-35-38-54(39-36-48)65(57-40-37-51-41-50(33-34-52(51)43-57)47-21-8-3-9-22-47)61-30-12-10-27-58(61)53-24-15-26-56(44-53)66(55-25-14-23-49(42-55)46-19-6-2-7-20-46)62-31-16-29-60-59-28-11-13-32-63(59)67-64(60)62/h1-44H. The van der Waals surface area contributed by atoms with E-state index in [9.17, 15) is 0 Å². The van der Waals surface area contributed by atoms with Gasteiger partial charge in [0, 0.05) is 39.1 Å². The molecule has 12 rings (SSSR count). The Morgan fingerprint density at radius 2 is 0.701 bits per heavy atom. The maximum absolute atomic E-state index is 6.73. The minimum Gasteiger partial charge on any atom is -0.454 e. The van der Waals surface area contributed by atoms with Crippen LogP contribution >= 0.6 is 0 Å². The molecule has 0 amide bonds. The summed E-state index contributed by atoms with van der Waals surface area (Å²) in [5.41, 5.74) is 17.2. The van der Waals surface area contributed by atoms with E-state index in [0.29, 0.717) is 0 Å². The molecule has 0 N–H and O–H groups in total. The lowest BCUT2D eigenvalue weighted by Gasteiger charge is -2.29. The minimum atomic E-state index is 0.844. The van der Waals surface area contributed by atoms with Crippen LogP contribution in [0.15, 0.2) is 271 Å². The van der Waals surface area contributed by atoms with Gasteiger partial charge in [-0.25, -0.2) is 0 Å². The van der Waals surface area contributed by atoms with E-state index in [1.165, 1.54) is 33.0 Å². The molecule has 0 radical (unpaired) electrons. The Labute approximate surface area is 390 Å². The normalized spacial score (nSPS) is 11.3. The van der Waals surface area contributed by atoms with Gasteiger partial charge in [-0.15, -0.1) is 0 Å². The maximum atomic E-state index is 6.73. The molecule has 0 spiro atoms. The van der Waals surface area contributed by atoms with Crippen LogP contribution in [-0.4, -0.2) is 0 Å². The van der Waals surface area contributed by atoms with Gasteiger partial charge in [-0.2, -0.15) is 0 Å². The lowest BCUT2D eigenvalue weighted by atomic mass is 9.98. The Hall–Kier alpha value is -8.92. The van der Waals surface area contributed by atoms with E-state index in [-0.39, 0.29) is 0 Å². The molecule has 0 aliphatic heterocycles. The van der Waals surface area contributed by atoms with Gasteiger partial charge in [0.1, 0.15) is 5.58 Å². The Morgan fingerprint density at radius 3 is 1.43 bits per heavy atom. The van der Waals surface area contributed by atoms with Crippen LogP contribution < -0.4 is 9.80 Å². The molecule has 12 aromatic rings. The SMILES string of the molecule is c1ccc(-c2ccc(N(c3ccc4cc(-c5ccccc5)ccc4c3)c3ccccc3-c3cccc(N(c4cccc(-c5ccccc5)c4)c4cccc5c4oc4ccccc45)c3)cc2)cc1. The molecule has 316 valence electrons. The predicted molar refractivity (Wildman–Crippen MR) is 282 cm³/mol. The van der Waals surface area contributed by atoms with Crippen molar-refractivity contribution in [1.29, 1.82) is 0 Å². The summed E-state index contributed by atoms with van der Waals surface area (Å²) in [6.45, 7) is 0. The molecular weight excluding hydrogens is 813 g/mol. The molecule has 0 atom stereocenters. The van der Waals surface area contributed by atoms with Crippen LogP contribution in [0.4, 0.5) is 34.1 Å². The second-order valence-corrected chi connectivity index (χ2v) is 16.9. The van der Waals surface area contributed by atoms with Crippen LogP contribution in [0.5, 0.6) is 0 Å². The second kappa shape index (κ2) is 17.2. The zero-order valence-electron chi connectivity index (χ0n) is 36.7. The topological polar surface area (TPSA) is 19.6 Å². The summed E-state index contributed by atoms with van der Waals surface area (Å²) in [5, 5.41) is 4.55. The van der Waals surface area contributed by atoms with Crippen molar-refractivity contribution in [3.05, 3.63) is 267 Å². The zero-order valence-corrected chi connectivity index (χ0v) is 36.7. The van der Waals surface area contributed by atoms with Crippen LogP contribution in [-0.2, 0) is 0 Å². The number of hydrogen-bond acceptors (Lipinski definition) is 3. The van der Waals surface area contributed by atoms with Crippen molar-refractivity contribution in [3.8, 4) is 44.5 Å². The molecule has 1 aromatic heterocycles. The van der Waals surface area contributed by atoms with Crippen LogP contribution in [0.2, 0.25) is 0 Å². The highest BCUT2D eigenvalue weighted by Crippen LogP contribution is 2.46. The average molecular weight is 857 g/mol. The van der Waals surface area contributed by atoms with Gasteiger partial charge in [0.2, 0.25) is 0 Å². The lowest BCUT2D eigenvalue weighted by molar-refractivity contribution is 0.669. The number of nitrogens with zero attached hydrogens (tertiary/aromatic N) is 2. The minimum absolute atomic E-state index is 0.844. The van der Waals surface area contributed by atoms with Gasteiger partial charge in [0.25, 0.3) is 0 Å². The second-order valence-electron chi connectivity index (χ2n) is 16.9. The Morgan fingerprint density at radius 1 is 0.254 bits per heavy atom. The Kier molecular flexibility index (Phi) is 10.2. The molecule has 0 aliphatic rings. The maximum Gasteiger partial charge on any atom is 0.159 e. The van der Waals surface area contributed by atoms with Gasteiger partial charge in [0.05, 0.1) is 11.4 Å². The first-order valence-electron chi connectivity index (χ1n) is 22.8. The first kappa shape index (κ1) is 39.7. The van der Waals surface area contributed by atoms with E-state index in [2.05, 4.69) is 271 Å². The summed E-state index contributed by atoms with van der Waals surface area (Å²) in [7, 11) is 0. The van der Waals surface area contributed by atoms with Gasteiger partial charge < -0.3 is 14.2 Å². The van der Waals surface area contributed by atoms with Crippen molar-refractivity contribution in [2.24, 2.45) is 0 Å². The molecule has 3 heteroatoms. The molecule has 11 aromatic carbocycles. The van der Waals surface area contributed by atoms with Crippen LogP contribution in [0.1, 0.15) is 0 Å². The van der Waals surface area contributed by atoms with Crippen molar-refractivity contribution in [3.63, 3.8) is 0 Å². The van der Waals surface area contributed by atoms with Crippen LogP contribution in [0.25, 0.3) is 77.2 Å². The summed E-state index contributed by atoms with van der Waals surface area (Å²) in [6.07, 6.45) is 0. The van der Waals surface area contributed by atoms with Gasteiger partial charge in [0.15, 0.2) is 5.58 Å². The summed E-state index contributed by atoms with van der Waals surface area (Å²) in [4.78, 5) is 4.74. The van der Waals surface area contributed by atoms with E-state index in [4.69, 9.17) is 4.42 Å². The van der Waals surface area contributed by atoms with Crippen molar-refractivity contribution >= 4 is 66.8 Å². The molecule has 1 heterocycles. The monoisotopic (exact) mass is 856 g/mol. The zero-order chi connectivity index (χ0) is 44.5. The van der Waals surface area contributed by atoms with Gasteiger partial charge >= 0.3 is 0 Å². The lowest BCUT2D eigenvalue weighted by Crippen LogP contribution is -2.12. The highest BCUT2D eigenvalue weighted by Gasteiger charge is 2.22. The molecule has 0 aliphatic carbocycles. The third-order valence-electron chi connectivity index (χ3n) is 12.8. The first-order chi connectivity index (χ1) is 33.2. The third-order valence-corrected chi connectivity index (χ3v) is 12.8. The molecule has 0 fully saturated rings. The molecule has 0 saturated heterocycles. The fourth-order valence-electron chi connectivity index (χ4n) is 9.56. The number of furan rings is 1. The summed E-state index contributed by atoms with van der Waals surface area (Å²) < 4.78 is 6.73. The van der Waals surface area contributed by atoms with Gasteiger partial charge in [-0.3, -0.25) is 0 Å². The van der Waals surface area contributed by atoms with Crippen LogP contribution in [0.3, 0.4) is 0 Å². The smallest absolute Gasteiger partial charge is 0.159 e. The average Bonchev–Trinajstić information content (AvgIpc) is 3.80. The molecule has 3 nitrogen and oxygen atoms in total. The molecule has 0 unspecified atom stereocenters. The summed E-state index contributed by atoms with van der Waals surface area (Å²) >= 11 is 0. The first-order valence-corrected chi connectivity index (χ1v) is 22.8. The quantitative estimate of drug-likeness (QED) is 0.137. The molecule has 0 saturated carbocycles. The fraction of sp³-hybridized carbons (Fsp3) is 0. The van der Waals surface area contributed by atoms with Crippen molar-refractivity contribution in [2.75, 3.05) is 9.80 Å². The van der Waals surface area contributed by atoms with Gasteiger partial charge in [-0.1, -0.05) is 194 Å². The molecular formula is C64H44N2O. The van der Waals surface area contributed by atoms with Crippen molar-refractivity contribution in [2.45, 2.75) is 0 Å². The van der Waals surface area contributed by atoms with E-state index >= 15 is 0 Å². The number of rotatable bonds is 10. The summed E-state index contributed by atoms with van der Waals surface area (Å²) in [5.74, 6) is 0. The number of anilines is 6. The highest BCUT2D eigenvalue weighted by atomic mass is 16.3. The molecule has 67 heavy (non-hydrogen) atoms. The van der Waals surface area contributed by atoms with Crippen LogP contribution in [0, 0.1) is 0 Å². The van der Waals surface area contributed by atoms with Crippen molar-refractivity contribution in [1.82, 2.24) is 0 Å². The Bertz CT molecular complexity index is 3690. The van der Waals surface area contributed by atoms with E-state index < -0.39 is 0 Å². The fourth-order valence-corrected chi connectivity index (χ4v) is 9.56. The highest BCUT2D eigenvalue weighted by molar-refractivity contribution is 6.10. The number of para-hydroxylation sites is 3. The number of fused-ring (bicyclic) bond motifs is 4. The van der Waals surface area contributed by atoms with E-state index in [0.717, 1.165) is 78.3 Å². The van der Waals surface area contributed by atoms with E-state index in [1.807, 2.05) is 6.07 Å². The summed E-state index contributed by atoms with van der Waals surface area (Å²) in [6, 6.07) is 95.6. The number of benzene rings is 11. The predicted octanol–water partition coefficient (Wildman–Crippen LogP) is 18.3. The Balaban J connectivity index is 1.02.